The first-order chi connectivity index (χ1) is 12.3. The van der Waals surface area contributed by atoms with Gasteiger partial charge in [-0.3, -0.25) is 9.59 Å². The van der Waals surface area contributed by atoms with Gasteiger partial charge in [-0.25, -0.2) is 0 Å². The summed E-state index contributed by atoms with van der Waals surface area (Å²) in [6.45, 7) is 2.84. The molecule has 9 nitrogen and oxygen atoms in total. The van der Waals surface area contributed by atoms with Crippen molar-refractivity contribution in [3.63, 3.8) is 0 Å². The van der Waals surface area contributed by atoms with Gasteiger partial charge in [0.1, 0.15) is 6.42 Å². The number of nitrogens with one attached hydrogen (secondary N) is 2. The standard InChI is InChI=1S/C15H34N2O7Si2/c1-21-25(5,22-2)10-6-8-16-14(19)12-15(20)17-9-7-11-26(13-18,23-3)24-4/h18H,6-13H2,1-5H3,(H,16,19)(H,17,20). The van der Waals surface area contributed by atoms with Crippen molar-refractivity contribution in [1.29, 1.82) is 0 Å². The molecule has 0 heterocycles. The van der Waals surface area contributed by atoms with E-state index >= 15 is 0 Å². The molecule has 2 amide bonds. The van der Waals surface area contributed by atoms with Crippen molar-refractivity contribution < 1.29 is 32.4 Å². The van der Waals surface area contributed by atoms with Crippen LogP contribution in [0.25, 0.3) is 0 Å². The molecule has 26 heavy (non-hydrogen) atoms. The second-order valence-electron chi connectivity index (χ2n) is 6.10. The Hall–Kier alpha value is -0.826. The number of carbonyl (C=O) groups is 2. The minimum atomic E-state index is -2.56. The molecule has 0 bridgehead atoms. The highest BCUT2D eigenvalue weighted by Crippen LogP contribution is 2.13. The number of aliphatic hydroxyl groups excluding tert-OH is 1. The van der Waals surface area contributed by atoms with Gasteiger partial charge in [0, 0.05) is 41.5 Å². The highest BCUT2D eigenvalue weighted by Gasteiger charge is 2.34. The smallest absolute Gasteiger partial charge is 0.364 e. The maximum atomic E-state index is 11.8. The Morgan fingerprint density at radius 2 is 1.31 bits per heavy atom. The van der Waals surface area contributed by atoms with Gasteiger partial charge in [-0.1, -0.05) is 0 Å². The lowest BCUT2D eigenvalue weighted by Crippen LogP contribution is -2.45. The van der Waals surface area contributed by atoms with Crippen molar-refractivity contribution in [2.24, 2.45) is 0 Å². The van der Waals surface area contributed by atoms with Crippen LogP contribution in [0.1, 0.15) is 19.3 Å². The molecule has 0 atom stereocenters. The molecule has 0 aromatic carbocycles. The van der Waals surface area contributed by atoms with Crippen LogP contribution in [0.15, 0.2) is 0 Å². The van der Waals surface area contributed by atoms with E-state index in [1.165, 1.54) is 14.2 Å². The average molecular weight is 411 g/mol. The fourth-order valence-corrected chi connectivity index (χ4v) is 5.38. The van der Waals surface area contributed by atoms with E-state index in [-0.39, 0.29) is 24.5 Å². The van der Waals surface area contributed by atoms with Crippen molar-refractivity contribution in [2.75, 3.05) is 47.8 Å². The molecule has 0 rings (SSSR count). The van der Waals surface area contributed by atoms with Crippen molar-refractivity contribution in [3.8, 4) is 0 Å². The van der Waals surface area contributed by atoms with Gasteiger partial charge in [0.15, 0.2) is 0 Å². The summed E-state index contributed by atoms with van der Waals surface area (Å²) in [4.78, 5) is 23.5. The Morgan fingerprint density at radius 3 is 1.69 bits per heavy atom. The van der Waals surface area contributed by atoms with Crippen molar-refractivity contribution >= 4 is 28.9 Å². The summed E-state index contributed by atoms with van der Waals surface area (Å²) < 4.78 is 21.3. The molecule has 0 radical (unpaired) electrons. The SMILES string of the molecule is CO[Si](C)(CCCNC(=O)CC(=O)NCCC[Si](CO)(OC)OC)OC. The molecular formula is C15H34N2O7Si2. The summed E-state index contributed by atoms with van der Waals surface area (Å²) in [5.74, 6) is -0.643. The Balaban J connectivity index is 3.91. The lowest BCUT2D eigenvalue weighted by molar-refractivity contribution is -0.129. The third kappa shape index (κ3) is 9.76. The zero-order valence-corrected chi connectivity index (χ0v) is 18.6. The van der Waals surface area contributed by atoms with E-state index in [1.54, 1.807) is 14.2 Å². The van der Waals surface area contributed by atoms with Crippen LogP contribution in [-0.2, 0) is 27.3 Å². The maximum absolute atomic E-state index is 11.8. The molecule has 3 N–H and O–H groups in total. The van der Waals surface area contributed by atoms with Crippen molar-refractivity contribution in [1.82, 2.24) is 10.6 Å². The molecule has 0 saturated carbocycles. The van der Waals surface area contributed by atoms with E-state index in [4.69, 9.17) is 17.7 Å². The minimum absolute atomic E-state index is 0.135. The number of hydrogen-bond acceptors (Lipinski definition) is 7. The Morgan fingerprint density at radius 1 is 0.846 bits per heavy atom. The molecule has 0 aliphatic rings. The summed E-state index contributed by atoms with van der Waals surface area (Å²) in [6.07, 6.45) is 1.00. The van der Waals surface area contributed by atoms with E-state index in [1.807, 2.05) is 6.55 Å². The first-order valence-electron chi connectivity index (χ1n) is 8.65. The van der Waals surface area contributed by atoms with Crippen LogP contribution in [0.2, 0.25) is 18.6 Å². The fraction of sp³-hybridized carbons (Fsp3) is 0.867. The van der Waals surface area contributed by atoms with Crippen LogP contribution >= 0.6 is 0 Å². The predicted octanol–water partition coefficient (Wildman–Crippen LogP) is 0.0204. The third-order valence-corrected chi connectivity index (χ3v) is 10.4. The van der Waals surface area contributed by atoms with E-state index in [0.29, 0.717) is 25.6 Å². The Bertz CT molecular complexity index is 411. The fourth-order valence-electron chi connectivity index (χ4n) is 2.28. The topological polar surface area (TPSA) is 115 Å². The first kappa shape index (κ1) is 25.2. The second-order valence-corrected chi connectivity index (χ2v) is 13.1. The molecule has 0 saturated heterocycles. The molecule has 154 valence electrons. The molecule has 0 unspecified atom stereocenters. The van der Waals surface area contributed by atoms with E-state index in [0.717, 1.165) is 12.5 Å². The van der Waals surface area contributed by atoms with Crippen molar-refractivity contribution in [3.05, 3.63) is 0 Å². The molecule has 0 aromatic heterocycles. The quantitative estimate of drug-likeness (QED) is 0.198. The van der Waals surface area contributed by atoms with Crippen LogP contribution in [0.4, 0.5) is 0 Å². The van der Waals surface area contributed by atoms with Crippen molar-refractivity contribution in [2.45, 2.75) is 37.9 Å². The molecular weight excluding hydrogens is 376 g/mol. The monoisotopic (exact) mass is 410 g/mol. The van der Waals surface area contributed by atoms with Gasteiger partial charge >= 0.3 is 17.1 Å². The largest absolute Gasteiger partial charge is 0.398 e. The van der Waals surface area contributed by atoms with Gasteiger partial charge in [0.05, 0.1) is 6.23 Å². The van der Waals surface area contributed by atoms with Crippen LogP contribution in [0.3, 0.4) is 0 Å². The highest BCUT2D eigenvalue weighted by atomic mass is 28.4. The number of amides is 2. The van der Waals surface area contributed by atoms with Gasteiger partial charge < -0.3 is 33.4 Å². The maximum Gasteiger partial charge on any atom is 0.364 e. The second kappa shape index (κ2) is 13.4. The summed E-state index contributed by atoms with van der Waals surface area (Å²) in [5.41, 5.74) is 0. The van der Waals surface area contributed by atoms with Crippen LogP contribution in [0, 0.1) is 0 Å². The number of carbonyl (C=O) groups excluding carboxylic acids is 2. The van der Waals surface area contributed by atoms with Gasteiger partial charge in [-0.2, -0.15) is 0 Å². The first-order valence-corrected chi connectivity index (χ1v) is 13.4. The highest BCUT2D eigenvalue weighted by molar-refractivity contribution is 6.67. The van der Waals surface area contributed by atoms with Gasteiger partial charge in [-0.15, -0.1) is 0 Å². The molecule has 11 heteroatoms. The van der Waals surface area contributed by atoms with E-state index in [9.17, 15) is 14.7 Å². The molecule has 0 aromatic rings. The molecule has 0 aliphatic heterocycles. The zero-order valence-electron chi connectivity index (χ0n) is 16.6. The summed E-state index contributed by atoms with van der Waals surface area (Å²) >= 11 is 0. The average Bonchev–Trinajstić information content (AvgIpc) is 2.65. The van der Waals surface area contributed by atoms with Gasteiger partial charge in [0.2, 0.25) is 11.8 Å². The van der Waals surface area contributed by atoms with Crippen LogP contribution in [0.5, 0.6) is 0 Å². The summed E-state index contributed by atoms with van der Waals surface area (Å²) in [5, 5.41) is 14.8. The van der Waals surface area contributed by atoms with Gasteiger partial charge in [-0.05, 0) is 31.5 Å². The third-order valence-electron chi connectivity index (χ3n) is 4.36. The zero-order chi connectivity index (χ0) is 20.1. The Labute approximate surface area is 158 Å². The lowest BCUT2D eigenvalue weighted by atomic mass is 10.3. The Kier molecular flexibility index (Phi) is 12.9. The van der Waals surface area contributed by atoms with E-state index < -0.39 is 17.1 Å². The van der Waals surface area contributed by atoms with Crippen LogP contribution < -0.4 is 10.6 Å². The van der Waals surface area contributed by atoms with Crippen LogP contribution in [-0.4, -0.2) is 81.8 Å². The molecule has 0 spiro atoms. The predicted molar refractivity (Wildman–Crippen MR) is 102 cm³/mol. The molecule has 0 fully saturated rings. The lowest BCUT2D eigenvalue weighted by Gasteiger charge is -2.24. The number of hydrogen-bond donors (Lipinski definition) is 3. The number of rotatable bonds is 15. The summed E-state index contributed by atoms with van der Waals surface area (Å²) in [7, 11) is 1.61. The number of aliphatic hydroxyl groups is 1. The summed E-state index contributed by atoms with van der Waals surface area (Å²) in [6, 6.07) is 1.33. The normalized spacial score (nSPS) is 12.1. The minimum Gasteiger partial charge on any atom is -0.398 e. The molecule has 0 aliphatic carbocycles. The van der Waals surface area contributed by atoms with E-state index in [2.05, 4.69) is 10.6 Å². The van der Waals surface area contributed by atoms with Gasteiger partial charge in [0.25, 0.3) is 0 Å².